The van der Waals surface area contributed by atoms with Gasteiger partial charge < -0.3 is 20.1 Å². The maximum Gasteiger partial charge on any atom is 0.305 e. The highest BCUT2D eigenvalue weighted by molar-refractivity contribution is 6.11. The van der Waals surface area contributed by atoms with Crippen LogP contribution in [0.15, 0.2) is 30.3 Å². The zero-order chi connectivity index (χ0) is 17.9. The van der Waals surface area contributed by atoms with Gasteiger partial charge in [0.1, 0.15) is 28.6 Å². The average Bonchev–Trinajstić information content (AvgIpc) is 2.52. The standard InChI is InChI=1S/C17H15FO6/c1-24-15(22)5-3-9-6-10(2-4-13(9)20)17(23)16-12(18)7-11(19)8-14(16)21/h2,4,6-8,19-21H,3,5H2,1H3. The second-order valence-electron chi connectivity index (χ2n) is 5.07. The lowest BCUT2D eigenvalue weighted by atomic mass is 9.98. The molecule has 0 unspecified atom stereocenters. The first-order chi connectivity index (χ1) is 11.3. The largest absolute Gasteiger partial charge is 0.508 e. The van der Waals surface area contributed by atoms with Gasteiger partial charge in [0.15, 0.2) is 5.78 Å². The van der Waals surface area contributed by atoms with E-state index in [9.17, 15) is 29.3 Å². The summed E-state index contributed by atoms with van der Waals surface area (Å²) < 4.78 is 18.4. The summed E-state index contributed by atoms with van der Waals surface area (Å²) in [5.41, 5.74) is -0.255. The third-order valence-electron chi connectivity index (χ3n) is 3.45. The topological polar surface area (TPSA) is 104 Å². The molecule has 0 heterocycles. The molecule has 0 fully saturated rings. The Bertz CT molecular complexity index is 777. The molecule has 0 bridgehead atoms. The molecule has 0 aliphatic rings. The number of halogens is 1. The number of ketones is 1. The Morgan fingerprint density at radius 1 is 1.08 bits per heavy atom. The summed E-state index contributed by atoms with van der Waals surface area (Å²) in [6.45, 7) is 0. The molecular formula is C17H15FO6. The van der Waals surface area contributed by atoms with Gasteiger partial charge >= 0.3 is 5.97 Å². The van der Waals surface area contributed by atoms with Crippen LogP contribution < -0.4 is 0 Å². The van der Waals surface area contributed by atoms with Crippen LogP contribution in [0.1, 0.15) is 27.9 Å². The van der Waals surface area contributed by atoms with Crippen molar-refractivity contribution in [2.45, 2.75) is 12.8 Å². The first kappa shape index (κ1) is 17.3. The van der Waals surface area contributed by atoms with Gasteiger partial charge in [0.2, 0.25) is 0 Å². The van der Waals surface area contributed by atoms with Crippen LogP contribution in [-0.4, -0.2) is 34.2 Å². The Morgan fingerprint density at radius 2 is 1.79 bits per heavy atom. The fraction of sp³-hybridized carbons (Fsp3) is 0.176. The van der Waals surface area contributed by atoms with Gasteiger partial charge in [0.05, 0.1) is 7.11 Å². The van der Waals surface area contributed by atoms with Gasteiger partial charge in [0.25, 0.3) is 0 Å². The van der Waals surface area contributed by atoms with Gasteiger partial charge in [-0.3, -0.25) is 9.59 Å². The summed E-state index contributed by atoms with van der Waals surface area (Å²) in [6.07, 6.45) is 0.129. The summed E-state index contributed by atoms with van der Waals surface area (Å²) in [5, 5.41) is 28.7. The SMILES string of the molecule is COC(=O)CCc1cc(C(=O)c2c(O)cc(O)cc2F)ccc1O. The number of aryl methyl sites for hydroxylation is 1. The first-order valence-electron chi connectivity index (χ1n) is 6.98. The van der Waals surface area contributed by atoms with Gasteiger partial charge in [-0.15, -0.1) is 0 Å². The lowest BCUT2D eigenvalue weighted by molar-refractivity contribution is -0.140. The second-order valence-corrected chi connectivity index (χ2v) is 5.07. The molecule has 0 amide bonds. The van der Waals surface area contributed by atoms with E-state index in [1.54, 1.807) is 0 Å². The van der Waals surface area contributed by atoms with Crippen LogP contribution in [0.4, 0.5) is 4.39 Å². The number of esters is 1. The molecule has 0 aromatic heterocycles. The summed E-state index contributed by atoms with van der Waals surface area (Å²) in [7, 11) is 1.23. The summed E-state index contributed by atoms with van der Waals surface area (Å²) in [5.74, 6) is -3.68. The normalized spacial score (nSPS) is 10.4. The van der Waals surface area contributed by atoms with Crippen molar-refractivity contribution in [2.24, 2.45) is 0 Å². The molecule has 6 nitrogen and oxygen atoms in total. The Morgan fingerprint density at radius 3 is 2.42 bits per heavy atom. The average molecular weight is 334 g/mol. The predicted molar refractivity (Wildman–Crippen MR) is 81.6 cm³/mol. The van der Waals surface area contributed by atoms with E-state index < -0.39 is 34.6 Å². The zero-order valence-corrected chi connectivity index (χ0v) is 12.7. The molecule has 2 rings (SSSR count). The summed E-state index contributed by atoms with van der Waals surface area (Å²) in [6, 6.07) is 5.40. The second kappa shape index (κ2) is 6.99. The highest BCUT2D eigenvalue weighted by Gasteiger charge is 2.21. The minimum absolute atomic E-state index is 0.000520. The van der Waals surface area contributed by atoms with Gasteiger partial charge in [-0.05, 0) is 30.2 Å². The third-order valence-corrected chi connectivity index (χ3v) is 3.45. The van der Waals surface area contributed by atoms with Crippen LogP contribution in [0.25, 0.3) is 0 Å². The van der Waals surface area contributed by atoms with Crippen LogP contribution in [0, 0.1) is 5.82 Å². The number of carbonyl (C=O) groups excluding carboxylic acids is 2. The molecule has 0 atom stereocenters. The predicted octanol–water partition coefficient (Wildman–Crippen LogP) is 2.28. The van der Waals surface area contributed by atoms with Crippen LogP contribution in [0.3, 0.4) is 0 Å². The molecule has 0 saturated carbocycles. The van der Waals surface area contributed by atoms with Crippen molar-refractivity contribution >= 4 is 11.8 Å². The molecule has 0 aliphatic heterocycles. The lowest BCUT2D eigenvalue weighted by Crippen LogP contribution is -2.07. The molecule has 0 spiro atoms. The fourth-order valence-electron chi connectivity index (χ4n) is 2.21. The molecule has 0 aliphatic carbocycles. The number of phenolic OH excluding ortho intramolecular Hbond substituents is 3. The van der Waals surface area contributed by atoms with Crippen molar-refractivity contribution in [3.63, 3.8) is 0 Å². The zero-order valence-electron chi connectivity index (χ0n) is 12.7. The number of rotatable bonds is 5. The van der Waals surface area contributed by atoms with E-state index in [-0.39, 0.29) is 24.2 Å². The number of hydrogen-bond acceptors (Lipinski definition) is 6. The van der Waals surface area contributed by atoms with E-state index in [1.165, 1.54) is 25.3 Å². The lowest BCUT2D eigenvalue weighted by Gasteiger charge is -2.09. The van der Waals surface area contributed by atoms with E-state index in [0.717, 1.165) is 6.07 Å². The number of carbonyl (C=O) groups is 2. The minimum atomic E-state index is -1.07. The Balaban J connectivity index is 2.36. The number of methoxy groups -OCH3 is 1. The van der Waals surface area contributed by atoms with E-state index >= 15 is 0 Å². The van der Waals surface area contributed by atoms with Crippen molar-refractivity contribution < 1.29 is 34.0 Å². The van der Waals surface area contributed by atoms with E-state index in [2.05, 4.69) is 4.74 Å². The van der Waals surface area contributed by atoms with Crippen molar-refractivity contribution in [3.05, 3.63) is 52.8 Å². The van der Waals surface area contributed by atoms with Gasteiger partial charge in [-0.1, -0.05) is 0 Å². The Labute approximate surface area is 136 Å². The van der Waals surface area contributed by atoms with Crippen molar-refractivity contribution in [3.8, 4) is 17.2 Å². The molecule has 3 N–H and O–H groups in total. The van der Waals surface area contributed by atoms with Gasteiger partial charge in [-0.2, -0.15) is 0 Å². The smallest absolute Gasteiger partial charge is 0.305 e. The monoisotopic (exact) mass is 334 g/mol. The first-order valence-corrected chi connectivity index (χ1v) is 6.98. The molecular weight excluding hydrogens is 319 g/mol. The molecule has 126 valence electrons. The Hall–Kier alpha value is -3.09. The molecule has 2 aromatic carbocycles. The number of hydrogen-bond donors (Lipinski definition) is 3. The highest BCUT2D eigenvalue weighted by atomic mass is 19.1. The molecule has 24 heavy (non-hydrogen) atoms. The molecule has 0 saturated heterocycles. The third kappa shape index (κ3) is 3.62. The van der Waals surface area contributed by atoms with Crippen molar-refractivity contribution in [2.75, 3.05) is 7.11 Å². The highest BCUT2D eigenvalue weighted by Crippen LogP contribution is 2.29. The van der Waals surface area contributed by atoms with Gasteiger partial charge in [-0.25, -0.2) is 4.39 Å². The maximum atomic E-state index is 13.9. The van der Waals surface area contributed by atoms with Crippen LogP contribution in [0.2, 0.25) is 0 Å². The van der Waals surface area contributed by atoms with E-state index in [1.807, 2.05) is 0 Å². The number of ether oxygens (including phenoxy) is 1. The van der Waals surface area contributed by atoms with Crippen molar-refractivity contribution in [1.29, 1.82) is 0 Å². The quantitative estimate of drug-likeness (QED) is 0.572. The maximum absolute atomic E-state index is 13.9. The number of benzene rings is 2. The molecule has 0 radical (unpaired) electrons. The van der Waals surface area contributed by atoms with Crippen molar-refractivity contribution in [1.82, 2.24) is 0 Å². The van der Waals surface area contributed by atoms with E-state index in [4.69, 9.17) is 0 Å². The molecule has 2 aromatic rings. The number of aromatic hydroxyl groups is 3. The fourth-order valence-corrected chi connectivity index (χ4v) is 2.21. The summed E-state index contributed by atoms with van der Waals surface area (Å²) in [4.78, 5) is 23.6. The minimum Gasteiger partial charge on any atom is -0.508 e. The Kier molecular flexibility index (Phi) is 5.03. The number of phenols is 3. The van der Waals surface area contributed by atoms with Gasteiger partial charge in [0, 0.05) is 24.1 Å². The summed E-state index contributed by atoms with van der Waals surface area (Å²) >= 11 is 0. The van der Waals surface area contributed by atoms with Crippen LogP contribution >= 0.6 is 0 Å². The van der Waals surface area contributed by atoms with Crippen LogP contribution in [0.5, 0.6) is 17.2 Å². The van der Waals surface area contributed by atoms with Crippen LogP contribution in [-0.2, 0) is 16.0 Å². The molecule has 7 heteroatoms. The van der Waals surface area contributed by atoms with E-state index in [0.29, 0.717) is 11.6 Å².